The van der Waals surface area contributed by atoms with Gasteiger partial charge in [-0.2, -0.15) is 0 Å². The molecule has 2 aromatic carbocycles. The number of benzene rings is 2. The first-order valence-corrected chi connectivity index (χ1v) is 10.5. The van der Waals surface area contributed by atoms with E-state index in [0.29, 0.717) is 17.8 Å². The molecule has 3 aromatic rings. The van der Waals surface area contributed by atoms with Gasteiger partial charge < -0.3 is 4.90 Å². The second-order valence-corrected chi connectivity index (χ2v) is 7.91. The number of para-hydroxylation sites is 1. The number of hydrogen-bond acceptors (Lipinski definition) is 4. The lowest BCUT2D eigenvalue weighted by molar-refractivity contribution is -0.137. The van der Waals surface area contributed by atoms with E-state index in [1.807, 2.05) is 90.9 Å². The van der Waals surface area contributed by atoms with Crippen LogP contribution in [0, 0.1) is 6.92 Å². The number of anilines is 1. The number of thiophene rings is 1. The zero-order valence-electron chi connectivity index (χ0n) is 16.5. The Balaban J connectivity index is 1.77. The van der Waals surface area contributed by atoms with Crippen molar-refractivity contribution >= 4 is 34.4 Å². The van der Waals surface area contributed by atoms with Crippen LogP contribution in [0.25, 0.3) is 5.57 Å². The molecule has 0 unspecified atom stereocenters. The van der Waals surface area contributed by atoms with Crippen molar-refractivity contribution in [1.29, 1.82) is 0 Å². The largest absolute Gasteiger partial charge is 0.337 e. The molecule has 0 spiro atoms. The number of aryl methyl sites for hydroxylation is 1. The second kappa shape index (κ2) is 8.05. The predicted octanol–water partition coefficient (Wildman–Crippen LogP) is 4.86. The van der Waals surface area contributed by atoms with E-state index in [9.17, 15) is 9.59 Å². The highest BCUT2D eigenvalue weighted by atomic mass is 32.1. The summed E-state index contributed by atoms with van der Waals surface area (Å²) in [6, 6.07) is 21.5. The molecule has 0 atom stereocenters. The average Bonchev–Trinajstić information content (AvgIpc) is 3.34. The standard InChI is InChI=1S/C24H22N2O2S/c1-3-25(19-8-5-4-6-9-19)22-21(20-10-7-15-29-20)23(27)26(24(22)28)16-18-13-11-17(2)12-14-18/h4-15H,3,16H2,1-2H3. The summed E-state index contributed by atoms with van der Waals surface area (Å²) in [7, 11) is 0. The van der Waals surface area contributed by atoms with Crippen molar-refractivity contribution < 1.29 is 9.59 Å². The van der Waals surface area contributed by atoms with Crippen molar-refractivity contribution in [3.63, 3.8) is 0 Å². The monoisotopic (exact) mass is 402 g/mol. The SMILES string of the molecule is CCN(C1=C(c2cccs2)C(=O)N(Cc2ccc(C)cc2)C1=O)c1ccccc1. The number of nitrogens with zero attached hydrogens (tertiary/aromatic N) is 2. The predicted molar refractivity (Wildman–Crippen MR) is 117 cm³/mol. The van der Waals surface area contributed by atoms with Crippen LogP contribution in [-0.2, 0) is 16.1 Å². The highest BCUT2D eigenvalue weighted by Crippen LogP contribution is 2.36. The Morgan fingerprint density at radius 1 is 0.897 bits per heavy atom. The lowest BCUT2D eigenvalue weighted by Gasteiger charge is -2.24. The molecule has 2 amide bonds. The maximum Gasteiger partial charge on any atom is 0.278 e. The fourth-order valence-electron chi connectivity index (χ4n) is 3.55. The third-order valence-corrected chi connectivity index (χ3v) is 5.91. The molecule has 5 heteroatoms. The van der Waals surface area contributed by atoms with Gasteiger partial charge in [-0.15, -0.1) is 11.3 Å². The van der Waals surface area contributed by atoms with Gasteiger partial charge in [-0.25, -0.2) is 0 Å². The quantitative estimate of drug-likeness (QED) is 0.553. The molecule has 4 nitrogen and oxygen atoms in total. The van der Waals surface area contributed by atoms with Gasteiger partial charge in [0.2, 0.25) is 0 Å². The molecule has 0 saturated heterocycles. The van der Waals surface area contributed by atoms with Crippen LogP contribution in [0.3, 0.4) is 0 Å². The van der Waals surface area contributed by atoms with E-state index in [1.165, 1.54) is 16.2 Å². The van der Waals surface area contributed by atoms with Gasteiger partial charge in [0.25, 0.3) is 11.8 Å². The van der Waals surface area contributed by atoms with Gasteiger partial charge in [-0.1, -0.05) is 54.1 Å². The number of carbonyl (C=O) groups is 2. The number of rotatable bonds is 6. The van der Waals surface area contributed by atoms with Gasteiger partial charge in [0, 0.05) is 17.1 Å². The fourth-order valence-corrected chi connectivity index (χ4v) is 4.32. The summed E-state index contributed by atoms with van der Waals surface area (Å²) in [6.07, 6.45) is 0. The number of carbonyl (C=O) groups excluding carboxylic acids is 2. The Bertz CT molecular complexity index is 1050. The summed E-state index contributed by atoms with van der Waals surface area (Å²) in [5.74, 6) is -0.480. The summed E-state index contributed by atoms with van der Waals surface area (Å²) < 4.78 is 0. The van der Waals surface area contributed by atoms with E-state index in [0.717, 1.165) is 21.7 Å². The van der Waals surface area contributed by atoms with Crippen LogP contribution in [0.4, 0.5) is 5.69 Å². The molecule has 1 aliphatic rings. The zero-order valence-corrected chi connectivity index (χ0v) is 17.3. The van der Waals surface area contributed by atoms with Gasteiger partial charge in [-0.3, -0.25) is 14.5 Å². The highest BCUT2D eigenvalue weighted by molar-refractivity contribution is 7.11. The topological polar surface area (TPSA) is 40.6 Å². The Hall–Kier alpha value is -3.18. The maximum atomic E-state index is 13.5. The molecule has 1 aromatic heterocycles. The molecule has 1 aliphatic heterocycles. The average molecular weight is 403 g/mol. The zero-order chi connectivity index (χ0) is 20.4. The first-order chi connectivity index (χ1) is 14.1. The van der Waals surface area contributed by atoms with E-state index in [4.69, 9.17) is 0 Å². The van der Waals surface area contributed by atoms with Gasteiger partial charge >= 0.3 is 0 Å². The smallest absolute Gasteiger partial charge is 0.278 e. The summed E-state index contributed by atoms with van der Waals surface area (Å²) >= 11 is 1.48. The molecule has 2 heterocycles. The van der Waals surface area contributed by atoms with Gasteiger partial charge in [0.15, 0.2) is 0 Å². The third-order valence-electron chi connectivity index (χ3n) is 5.03. The highest BCUT2D eigenvalue weighted by Gasteiger charge is 2.42. The van der Waals surface area contributed by atoms with E-state index >= 15 is 0 Å². The molecule has 0 radical (unpaired) electrons. The van der Waals surface area contributed by atoms with Crippen molar-refractivity contribution in [2.45, 2.75) is 20.4 Å². The Morgan fingerprint density at radius 3 is 2.24 bits per heavy atom. The van der Waals surface area contributed by atoms with Crippen LogP contribution in [-0.4, -0.2) is 23.3 Å². The molecule has 146 valence electrons. The summed E-state index contributed by atoms with van der Waals surface area (Å²) in [4.78, 5) is 31.0. The minimum atomic E-state index is -0.246. The molecule has 0 fully saturated rings. The maximum absolute atomic E-state index is 13.5. The fraction of sp³-hybridized carbons (Fsp3) is 0.167. The first-order valence-electron chi connectivity index (χ1n) is 9.62. The molecule has 0 saturated carbocycles. The second-order valence-electron chi connectivity index (χ2n) is 6.96. The summed E-state index contributed by atoms with van der Waals surface area (Å²) in [5, 5.41) is 1.93. The van der Waals surface area contributed by atoms with Crippen LogP contribution >= 0.6 is 11.3 Å². The molecule has 29 heavy (non-hydrogen) atoms. The minimum Gasteiger partial charge on any atom is -0.337 e. The first kappa shape index (κ1) is 19.2. The van der Waals surface area contributed by atoms with E-state index in [2.05, 4.69) is 0 Å². The Labute approximate surface area is 174 Å². The lowest BCUT2D eigenvalue weighted by Crippen LogP contribution is -2.34. The molecule has 0 aliphatic carbocycles. The third kappa shape index (κ3) is 3.61. The minimum absolute atomic E-state index is 0.234. The van der Waals surface area contributed by atoms with Gasteiger partial charge in [-0.05, 0) is 43.0 Å². The van der Waals surface area contributed by atoms with Crippen molar-refractivity contribution in [2.75, 3.05) is 11.4 Å². The van der Waals surface area contributed by atoms with Gasteiger partial charge in [0.05, 0.1) is 12.1 Å². The van der Waals surface area contributed by atoms with Crippen LogP contribution < -0.4 is 4.90 Å². The van der Waals surface area contributed by atoms with Crippen molar-refractivity contribution in [1.82, 2.24) is 4.90 Å². The Morgan fingerprint density at radius 2 is 1.62 bits per heavy atom. The van der Waals surface area contributed by atoms with Crippen LogP contribution in [0.5, 0.6) is 0 Å². The summed E-state index contributed by atoms with van der Waals surface area (Å²) in [6.45, 7) is 4.87. The molecular formula is C24H22N2O2S. The summed E-state index contributed by atoms with van der Waals surface area (Å²) in [5.41, 5.74) is 3.93. The van der Waals surface area contributed by atoms with E-state index in [1.54, 1.807) is 0 Å². The van der Waals surface area contributed by atoms with E-state index in [-0.39, 0.29) is 18.4 Å². The van der Waals surface area contributed by atoms with Crippen LogP contribution in [0.15, 0.2) is 77.8 Å². The Kier molecular flexibility index (Phi) is 5.32. The van der Waals surface area contributed by atoms with Crippen molar-refractivity contribution in [3.8, 4) is 0 Å². The number of likely N-dealkylation sites (N-methyl/N-ethyl adjacent to an activating group) is 1. The molecule has 0 bridgehead atoms. The van der Waals surface area contributed by atoms with Gasteiger partial charge in [0.1, 0.15) is 5.70 Å². The molecule has 0 N–H and O–H groups in total. The molecule has 4 rings (SSSR count). The van der Waals surface area contributed by atoms with Crippen LogP contribution in [0.1, 0.15) is 22.9 Å². The lowest BCUT2D eigenvalue weighted by atomic mass is 10.1. The normalized spacial score (nSPS) is 14.1. The van der Waals surface area contributed by atoms with Crippen molar-refractivity contribution in [2.24, 2.45) is 0 Å². The molecular weight excluding hydrogens is 380 g/mol. The van der Waals surface area contributed by atoms with Crippen LogP contribution in [0.2, 0.25) is 0 Å². The van der Waals surface area contributed by atoms with Crippen molar-refractivity contribution in [3.05, 3.63) is 93.8 Å². The number of amides is 2. The number of hydrogen-bond donors (Lipinski definition) is 0. The van der Waals surface area contributed by atoms with E-state index < -0.39 is 0 Å². The number of imide groups is 1.